The lowest BCUT2D eigenvalue weighted by Crippen LogP contribution is -2.11. The summed E-state index contributed by atoms with van der Waals surface area (Å²) >= 11 is 0. The Morgan fingerprint density at radius 3 is 3.08 bits per heavy atom. The molecule has 2 heterocycles. The lowest BCUT2D eigenvalue weighted by molar-refractivity contribution is 0.0455. The van der Waals surface area contributed by atoms with E-state index in [9.17, 15) is 0 Å². The van der Waals surface area contributed by atoms with Crippen LogP contribution in [0.5, 0.6) is 0 Å². The van der Waals surface area contributed by atoms with Gasteiger partial charge in [0, 0.05) is 5.92 Å². The van der Waals surface area contributed by atoms with Crippen molar-refractivity contribution in [1.82, 2.24) is 4.98 Å². The van der Waals surface area contributed by atoms with Crippen LogP contribution in [0, 0.1) is 11.8 Å². The highest BCUT2D eigenvalue weighted by Gasteiger charge is 2.57. The molecular formula is C9H12N2O2. The fourth-order valence-corrected chi connectivity index (χ4v) is 2.29. The van der Waals surface area contributed by atoms with E-state index in [4.69, 9.17) is 14.9 Å². The summed E-state index contributed by atoms with van der Waals surface area (Å²) < 4.78 is 11.0. The molecule has 1 aliphatic carbocycles. The van der Waals surface area contributed by atoms with Crippen LogP contribution in [-0.4, -0.2) is 17.6 Å². The van der Waals surface area contributed by atoms with Crippen LogP contribution in [-0.2, 0) is 4.74 Å². The minimum Gasteiger partial charge on any atom is -0.446 e. The highest BCUT2D eigenvalue weighted by molar-refractivity contribution is 5.10. The van der Waals surface area contributed by atoms with Gasteiger partial charge in [0.25, 0.3) is 0 Å². The molecule has 1 saturated heterocycles. The molecule has 0 unspecified atom stereocenters. The number of ether oxygens (including phenoxy) is 1. The Labute approximate surface area is 76.1 Å². The number of nitrogens with zero attached hydrogens (tertiary/aromatic N) is 1. The Kier molecular flexibility index (Phi) is 1.48. The topological polar surface area (TPSA) is 61.3 Å². The number of hydrogen-bond acceptors (Lipinski definition) is 4. The summed E-state index contributed by atoms with van der Waals surface area (Å²) in [5.74, 6) is 2.11. The maximum Gasteiger partial charge on any atom is 0.180 e. The SMILES string of the molecule is NC[C@H]1[C@@H]2C[C@H](c3cnco3)O[C@H]12. The van der Waals surface area contributed by atoms with Gasteiger partial charge in [-0.25, -0.2) is 4.98 Å². The van der Waals surface area contributed by atoms with Crippen LogP contribution >= 0.6 is 0 Å². The smallest absolute Gasteiger partial charge is 0.180 e. The molecule has 1 aromatic rings. The number of fused-ring (bicyclic) bond motifs is 1. The van der Waals surface area contributed by atoms with Crippen LogP contribution in [0.2, 0.25) is 0 Å². The van der Waals surface area contributed by atoms with Gasteiger partial charge in [-0.3, -0.25) is 0 Å². The zero-order valence-corrected chi connectivity index (χ0v) is 7.22. The van der Waals surface area contributed by atoms with Crippen LogP contribution in [0.1, 0.15) is 18.3 Å². The zero-order valence-electron chi connectivity index (χ0n) is 7.22. The molecule has 1 saturated carbocycles. The molecule has 1 aliphatic heterocycles. The van der Waals surface area contributed by atoms with Crippen molar-refractivity contribution in [2.45, 2.75) is 18.6 Å². The van der Waals surface area contributed by atoms with Gasteiger partial charge in [-0.2, -0.15) is 0 Å². The Morgan fingerprint density at radius 2 is 2.54 bits per heavy atom. The Bertz CT molecular complexity index is 287. The molecule has 2 N–H and O–H groups in total. The van der Waals surface area contributed by atoms with E-state index in [0.29, 0.717) is 17.9 Å². The second-order valence-electron chi connectivity index (χ2n) is 3.79. The molecule has 2 fully saturated rings. The lowest BCUT2D eigenvalue weighted by Gasteiger charge is -2.10. The number of hydrogen-bond donors (Lipinski definition) is 1. The van der Waals surface area contributed by atoms with Crippen molar-refractivity contribution in [3.63, 3.8) is 0 Å². The quantitative estimate of drug-likeness (QED) is 0.728. The van der Waals surface area contributed by atoms with Crippen molar-refractivity contribution in [3.05, 3.63) is 18.4 Å². The fraction of sp³-hybridized carbons (Fsp3) is 0.667. The van der Waals surface area contributed by atoms with Gasteiger partial charge in [-0.05, 0) is 18.9 Å². The molecule has 0 aromatic carbocycles. The van der Waals surface area contributed by atoms with Crippen molar-refractivity contribution in [2.75, 3.05) is 6.54 Å². The lowest BCUT2D eigenvalue weighted by atomic mass is 10.1. The third-order valence-corrected chi connectivity index (χ3v) is 3.10. The molecule has 4 nitrogen and oxygen atoms in total. The van der Waals surface area contributed by atoms with Gasteiger partial charge in [-0.1, -0.05) is 0 Å². The van der Waals surface area contributed by atoms with Crippen LogP contribution in [0.25, 0.3) is 0 Å². The van der Waals surface area contributed by atoms with Gasteiger partial charge < -0.3 is 14.9 Å². The summed E-state index contributed by atoms with van der Waals surface area (Å²) in [6.07, 6.45) is 4.73. The van der Waals surface area contributed by atoms with Crippen LogP contribution in [0.3, 0.4) is 0 Å². The van der Waals surface area contributed by atoms with Crippen molar-refractivity contribution in [2.24, 2.45) is 17.6 Å². The zero-order chi connectivity index (χ0) is 8.84. The van der Waals surface area contributed by atoms with Gasteiger partial charge in [-0.15, -0.1) is 0 Å². The third-order valence-electron chi connectivity index (χ3n) is 3.10. The second kappa shape index (κ2) is 2.56. The standard InChI is InChI=1S/C9H12N2O2/c10-2-6-5-1-7(13-9(5)6)8-3-11-4-12-8/h3-7,9H,1-2,10H2/t5-,6-,7+,9-/m0/s1. The predicted molar refractivity (Wildman–Crippen MR) is 44.8 cm³/mol. The summed E-state index contributed by atoms with van der Waals surface area (Å²) in [5.41, 5.74) is 5.57. The maximum atomic E-state index is 5.77. The van der Waals surface area contributed by atoms with Crippen LogP contribution < -0.4 is 5.73 Å². The van der Waals surface area contributed by atoms with E-state index in [1.165, 1.54) is 6.39 Å². The number of nitrogens with two attached hydrogens (primary N) is 1. The number of oxazole rings is 1. The van der Waals surface area contributed by atoms with E-state index >= 15 is 0 Å². The summed E-state index contributed by atoms with van der Waals surface area (Å²) in [7, 11) is 0. The molecule has 13 heavy (non-hydrogen) atoms. The molecule has 2 aliphatic rings. The third kappa shape index (κ3) is 1.02. The van der Waals surface area contributed by atoms with E-state index in [1.807, 2.05) is 0 Å². The first-order chi connectivity index (χ1) is 6.40. The molecule has 4 heteroatoms. The van der Waals surface area contributed by atoms with E-state index in [0.717, 1.165) is 18.7 Å². The second-order valence-corrected chi connectivity index (χ2v) is 3.79. The number of rotatable bonds is 2. The van der Waals surface area contributed by atoms with Gasteiger partial charge in [0.1, 0.15) is 6.10 Å². The molecule has 3 rings (SSSR count). The largest absolute Gasteiger partial charge is 0.446 e. The number of aromatic nitrogens is 1. The predicted octanol–water partition coefficient (Wildman–Crippen LogP) is 0.709. The van der Waals surface area contributed by atoms with Crippen LogP contribution in [0.15, 0.2) is 17.0 Å². The minimum atomic E-state index is 0.125. The molecule has 0 radical (unpaired) electrons. The Hall–Kier alpha value is -0.870. The molecule has 0 amide bonds. The van der Waals surface area contributed by atoms with E-state index in [-0.39, 0.29) is 6.10 Å². The Balaban J connectivity index is 1.68. The normalized spacial score (nSPS) is 41.9. The summed E-state index contributed by atoms with van der Waals surface area (Å²) in [4.78, 5) is 3.87. The van der Waals surface area contributed by atoms with Gasteiger partial charge in [0.15, 0.2) is 12.2 Å². The van der Waals surface area contributed by atoms with Crippen molar-refractivity contribution >= 4 is 0 Å². The monoisotopic (exact) mass is 180 g/mol. The first-order valence-electron chi connectivity index (χ1n) is 4.64. The van der Waals surface area contributed by atoms with Crippen molar-refractivity contribution in [3.8, 4) is 0 Å². The molecule has 0 spiro atoms. The van der Waals surface area contributed by atoms with E-state index < -0.39 is 0 Å². The van der Waals surface area contributed by atoms with Crippen LogP contribution in [0.4, 0.5) is 0 Å². The summed E-state index contributed by atoms with van der Waals surface area (Å²) in [6, 6.07) is 0. The highest BCUT2D eigenvalue weighted by Crippen LogP contribution is 2.55. The molecule has 4 atom stereocenters. The Morgan fingerprint density at radius 1 is 1.62 bits per heavy atom. The van der Waals surface area contributed by atoms with Gasteiger partial charge in [0.05, 0.1) is 12.3 Å². The highest BCUT2D eigenvalue weighted by atomic mass is 16.5. The first kappa shape index (κ1) is 7.53. The van der Waals surface area contributed by atoms with E-state index in [1.54, 1.807) is 6.20 Å². The molecule has 1 aromatic heterocycles. The first-order valence-corrected chi connectivity index (χ1v) is 4.64. The van der Waals surface area contributed by atoms with Crippen molar-refractivity contribution < 1.29 is 9.15 Å². The minimum absolute atomic E-state index is 0.125. The fourth-order valence-electron chi connectivity index (χ4n) is 2.29. The maximum absolute atomic E-state index is 5.77. The molecular weight excluding hydrogens is 168 g/mol. The van der Waals surface area contributed by atoms with Gasteiger partial charge in [0.2, 0.25) is 0 Å². The summed E-state index contributed by atoms with van der Waals surface area (Å²) in [6.45, 7) is 0.748. The van der Waals surface area contributed by atoms with Gasteiger partial charge >= 0.3 is 0 Å². The molecule has 70 valence electrons. The summed E-state index contributed by atoms with van der Waals surface area (Å²) in [5, 5.41) is 0. The average molecular weight is 180 g/mol. The van der Waals surface area contributed by atoms with Crippen molar-refractivity contribution in [1.29, 1.82) is 0 Å². The molecule has 0 bridgehead atoms. The average Bonchev–Trinajstić information content (AvgIpc) is 2.68. The van der Waals surface area contributed by atoms with E-state index in [2.05, 4.69) is 4.98 Å².